The van der Waals surface area contributed by atoms with E-state index < -0.39 is 11.7 Å². The molecule has 0 aliphatic carbocycles. The highest BCUT2D eigenvalue weighted by Crippen LogP contribution is 2.19. The van der Waals surface area contributed by atoms with Crippen LogP contribution in [0.2, 0.25) is 0 Å². The summed E-state index contributed by atoms with van der Waals surface area (Å²) in [5.74, 6) is -1.18. The number of nitrogens with zero attached hydrogens (tertiary/aromatic N) is 1. The fourth-order valence-electron chi connectivity index (χ4n) is 1.50. The summed E-state index contributed by atoms with van der Waals surface area (Å²) in [7, 11) is 1.68. The zero-order chi connectivity index (χ0) is 14.4. The molecule has 0 atom stereocenters. The Kier molecular flexibility index (Phi) is 5.25. The van der Waals surface area contributed by atoms with Crippen LogP contribution >= 0.6 is 0 Å². The number of nitrogens with two attached hydrogens (primary N) is 2. The van der Waals surface area contributed by atoms with Gasteiger partial charge in [-0.25, -0.2) is 4.39 Å². The van der Waals surface area contributed by atoms with Gasteiger partial charge in [0.05, 0.1) is 17.9 Å². The summed E-state index contributed by atoms with van der Waals surface area (Å²) in [6.45, 7) is 0.474. The normalized spacial score (nSPS) is 10.5. The number of amides is 2. The van der Waals surface area contributed by atoms with Gasteiger partial charge in [-0.3, -0.25) is 14.5 Å². The van der Waals surface area contributed by atoms with Crippen LogP contribution in [0.4, 0.5) is 15.8 Å². The van der Waals surface area contributed by atoms with Crippen LogP contribution in [0.5, 0.6) is 0 Å². The first kappa shape index (κ1) is 14.9. The van der Waals surface area contributed by atoms with E-state index in [1.54, 1.807) is 11.9 Å². The van der Waals surface area contributed by atoms with E-state index in [1.807, 2.05) is 0 Å². The molecule has 5 N–H and O–H groups in total. The summed E-state index contributed by atoms with van der Waals surface area (Å²) < 4.78 is 12.8. The molecule has 1 rings (SSSR count). The second kappa shape index (κ2) is 6.69. The Morgan fingerprint density at radius 1 is 1.42 bits per heavy atom. The maximum Gasteiger partial charge on any atom is 0.231 e. The van der Waals surface area contributed by atoms with Crippen LogP contribution in [0.1, 0.15) is 6.42 Å². The summed E-state index contributed by atoms with van der Waals surface area (Å²) in [5.41, 5.74) is 11.1. The van der Waals surface area contributed by atoms with Crippen molar-refractivity contribution in [1.82, 2.24) is 4.90 Å². The Hall–Kier alpha value is -2.15. The number of hydrogen-bond donors (Lipinski definition) is 3. The average molecular weight is 268 g/mol. The maximum absolute atomic E-state index is 12.8. The van der Waals surface area contributed by atoms with Crippen LogP contribution in [-0.2, 0) is 9.59 Å². The maximum atomic E-state index is 12.8. The lowest BCUT2D eigenvalue weighted by Crippen LogP contribution is -2.32. The van der Waals surface area contributed by atoms with Gasteiger partial charge in [0.2, 0.25) is 11.8 Å². The van der Waals surface area contributed by atoms with Crippen molar-refractivity contribution in [2.45, 2.75) is 6.42 Å². The van der Waals surface area contributed by atoms with Crippen molar-refractivity contribution >= 4 is 23.2 Å². The topological polar surface area (TPSA) is 101 Å². The number of carbonyl (C=O) groups is 2. The lowest BCUT2D eigenvalue weighted by molar-refractivity contribution is -0.120. The van der Waals surface area contributed by atoms with Gasteiger partial charge in [-0.15, -0.1) is 0 Å². The van der Waals surface area contributed by atoms with Crippen LogP contribution in [0, 0.1) is 5.82 Å². The molecular formula is C12H17FN4O2. The summed E-state index contributed by atoms with van der Waals surface area (Å²) in [4.78, 5) is 23.9. The number of nitrogens with one attached hydrogen (secondary N) is 1. The van der Waals surface area contributed by atoms with Crippen LogP contribution in [0.3, 0.4) is 0 Å². The number of nitrogen functional groups attached to an aromatic ring is 1. The Bertz CT molecular complexity index is 479. The minimum atomic E-state index is -0.461. The number of primary amides is 1. The fraction of sp³-hybridized carbons (Fsp3) is 0.333. The molecule has 0 aliphatic rings. The van der Waals surface area contributed by atoms with Crippen molar-refractivity contribution in [2.24, 2.45) is 5.73 Å². The number of benzene rings is 1. The standard InChI is InChI=1S/C12H17FN4O2/c1-17(7-11(15)18)5-4-12(19)16-10-3-2-8(13)6-9(10)14/h2-3,6H,4-5,7,14H2,1H3,(H2,15,18)(H,16,19). The van der Waals surface area contributed by atoms with Gasteiger partial charge in [-0.1, -0.05) is 0 Å². The Labute approximate surface area is 110 Å². The van der Waals surface area contributed by atoms with E-state index in [9.17, 15) is 14.0 Å². The second-order valence-electron chi connectivity index (χ2n) is 4.23. The van der Waals surface area contributed by atoms with Crippen LogP contribution in [0.15, 0.2) is 18.2 Å². The van der Waals surface area contributed by atoms with E-state index in [0.717, 1.165) is 6.07 Å². The summed E-state index contributed by atoms with van der Waals surface area (Å²) in [5, 5.41) is 2.57. The van der Waals surface area contributed by atoms with Crippen molar-refractivity contribution in [3.63, 3.8) is 0 Å². The van der Waals surface area contributed by atoms with Crippen LogP contribution < -0.4 is 16.8 Å². The number of hydrogen-bond acceptors (Lipinski definition) is 4. The monoisotopic (exact) mass is 268 g/mol. The highest BCUT2D eigenvalue weighted by atomic mass is 19.1. The van der Waals surface area contributed by atoms with Crippen molar-refractivity contribution < 1.29 is 14.0 Å². The molecule has 0 aromatic heterocycles. The number of halogens is 1. The third kappa shape index (κ3) is 5.35. The van der Waals surface area contributed by atoms with E-state index in [0.29, 0.717) is 12.2 Å². The first-order valence-electron chi connectivity index (χ1n) is 5.70. The largest absolute Gasteiger partial charge is 0.397 e. The molecule has 104 valence electrons. The average Bonchev–Trinajstić information content (AvgIpc) is 2.29. The first-order chi connectivity index (χ1) is 8.88. The molecule has 2 amide bonds. The Morgan fingerprint density at radius 2 is 2.11 bits per heavy atom. The van der Waals surface area contributed by atoms with E-state index >= 15 is 0 Å². The molecule has 0 saturated carbocycles. The SMILES string of the molecule is CN(CCC(=O)Nc1ccc(F)cc1N)CC(N)=O. The van der Waals surface area contributed by atoms with Crippen molar-refractivity contribution in [3.05, 3.63) is 24.0 Å². The van der Waals surface area contributed by atoms with Gasteiger partial charge >= 0.3 is 0 Å². The number of likely N-dealkylation sites (N-methyl/N-ethyl adjacent to an activating group) is 1. The molecule has 0 aliphatic heterocycles. The molecule has 7 heteroatoms. The van der Waals surface area contributed by atoms with E-state index in [4.69, 9.17) is 11.5 Å². The van der Waals surface area contributed by atoms with Gasteiger partial charge in [0, 0.05) is 13.0 Å². The number of rotatable bonds is 6. The quantitative estimate of drug-likeness (QED) is 0.639. The van der Waals surface area contributed by atoms with Gasteiger partial charge in [0.15, 0.2) is 0 Å². The van der Waals surface area contributed by atoms with Gasteiger partial charge in [0.1, 0.15) is 5.82 Å². The molecule has 0 fully saturated rings. The fourth-order valence-corrected chi connectivity index (χ4v) is 1.50. The third-order valence-electron chi connectivity index (χ3n) is 2.43. The van der Waals surface area contributed by atoms with Gasteiger partial charge in [-0.05, 0) is 25.2 Å². The molecular weight excluding hydrogens is 251 g/mol. The smallest absolute Gasteiger partial charge is 0.231 e. The lowest BCUT2D eigenvalue weighted by atomic mass is 10.2. The van der Waals surface area contributed by atoms with Crippen LogP contribution in [-0.4, -0.2) is 36.9 Å². The van der Waals surface area contributed by atoms with Gasteiger partial charge in [0.25, 0.3) is 0 Å². The molecule has 0 heterocycles. The predicted octanol–water partition coefficient (Wildman–Crippen LogP) is 0.154. The highest BCUT2D eigenvalue weighted by Gasteiger charge is 2.08. The number of carbonyl (C=O) groups excluding carboxylic acids is 2. The predicted molar refractivity (Wildman–Crippen MR) is 70.8 cm³/mol. The summed E-state index contributed by atoms with van der Waals surface area (Å²) >= 11 is 0. The second-order valence-corrected chi connectivity index (χ2v) is 4.23. The third-order valence-corrected chi connectivity index (χ3v) is 2.43. The van der Waals surface area contributed by atoms with E-state index in [2.05, 4.69) is 5.32 Å². The van der Waals surface area contributed by atoms with E-state index in [-0.39, 0.29) is 24.6 Å². The zero-order valence-electron chi connectivity index (χ0n) is 10.6. The first-order valence-corrected chi connectivity index (χ1v) is 5.70. The summed E-state index contributed by atoms with van der Waals surface area (Å²) in [6, 6.07) is 3.75. The zero-order valence-corrected chi connectivity index (χ0v) is 10.6. The Morgan fingerprint density at radius 3 is 2.68 bits per heavy atom. The molecule has 6 nitrogen and oxygen atoms in total. The summed E-state index contributed by atoms with van der Waals surface area (Å²) in [6.07, 6.45) is 0.181. The minimum Gasteiger partial charge on any atom is -0.397 e. The lowest BCUT2D eigenvalue weighted by Gasteiger charge is -2.14. The van der Waals surface area contributed by atoms with Crippen molar-refractivity contribution in [3.8, 4) is 0 Å². The molecule has 0 bridgehead atoms. The molecule has 0 saturated heterocycles. The molecule has 1 aromatic carbocycles. The molecule has 19 heavy (non-hydrogen) atoms. The van der Waals surface area contributed by atoms with E-state index in [1.165, 1.54) is 12.1 Å². The molecule has 0 spiro atoms. The minimum absolute atomic E-state index is 0.0893. The number of anilines is 2. The molecule has 0 radical (unpaired) electrons. The Balaban J connectivity index is 2.45. The molecule has 0 unspecified atom stereocenters. The van der Waals surface area contributed by atoms with Gasteiger partial charge in [-0.2, -0.15) is 0 Å². The van der Waals surface area contributed by atoms with Crippen LogP contribution in [0.25, 0.3) is 0 Å². The van der Waals surface area contributed by atoms with Gasteiger partial charge < -0.3 is 16.8 Å². The molecule has 1 aromatic rings. The van der Waals surface area contributed by atoms with Crippen molar-refractivity contribution in [1.29, 1.82) is 0 Å². The van der Waals surface area contributed by atoms with Crippen molar-refractivity contribution in [2.75, 3.05) is 31.2 Å². The highest BCUT2D eigenvalue weighted by molar-refractivity contribution is 5.93.